The van der Waals surface area contributed by atoms with E-state index in [1.54, 1.807) is 0 Å². The van der Waals surface area contributed by atoms with E-state index in [4.69, 9.17) is 0 Å². The van der Waals surface area contributed by atoms with Crippen LogP contribution in [0, 0.1) is 24.4 Å². The summed E-state index contributed by atoms with van der Waals surface area (Å²) < 4.78 is 39.7. The Bertz CT molecular complexity index is 637. The molecule has 2 atom stereocenters. The van der Waals surface area contributed by atoms with Crippen molar-refractivity contribution in [2.45, 2.75) is 25.9 Å². The molecule has 0 amide bonds. The fourth-order valence-electron chi connectivity index (χ4n) is 2.37. The van der Waals surface area contributed by atoms with Crippen molar-refractivity contribution in [3.63, 3.8) is 0 Å². The molecule has 0 aromatic heterocycles. The number of nitrogens with one attached hydrogen (secondary N) is 1. The van der Waals surface area contributed by atoms with Crippen molar-refractivity contribution in [2.75, 3.05) is 6.61 Å². The van der Waals surface area contributed by atoms with Gasteiger partial charge < -0.3 is 10.4 Å². The van der Waals surface area contributed by atoms with Crippen molar-refractivity contribution in [1.29, 1.82) is 0 Å². The minimum atomic E-state index is -1.51. The summed E-state index contributed by atoms with van der Waals surface area (Å²) in [6.07, 6.45) is 0. The molecule has 0 fully saturated rings. The molecule has 2 nitrogen and oxygen atoms in total. The maximum absolute atomic E-state index is 13.3. The van der Waals surface area contributed by atoms with E-state index >= 15 is 0 Å². The number of hydrogen-bond donors (Lipinski definition) is 2. The van der Waals surface area contributed by atoms with Gasteiger partial charge in [-0.05, 0) is 37.1 Å². The van der Waals surface area contributed by atoms with Gasteiger partial charge in [-0.15, -0.1) is 0 Å². The van der Waals surface area contributed by atoms with Crippen LogP contribution in [0.4, 0.5) is 13.2 Å². The first-order valence-corrected chi connectivity index (χ1v) is 7.00. The van der Waals surface area contributed by atoms with Crippen molar-refractivity contribution in [3.8, 4) is 0 Å². The van der Waals surface area contributed by atoms with Crippen LogP contribution in [0.3, 0.4) is 0 Å². The molecule has 0 radical (unpaired) electrons. The predicted molar refractivity (Wildman–Crippen MR) is 78.9 cm³/mol. The zero-order valence-electron chi connectivity index (χ0n) is 12.4. The van der Waals surface area contributed by atoms with E-state index in [2.05, 4.69) is 5.32 Å². The third-order valence-electron chi connectivity index (χ3n) is 3.58. The lowest BCUT2D eigenvalue weighted by Gasteiger charge is -2.23. The van der Waals surface area contributed by atoms with Gasteiger partial charge in [-0.25, -0.2) is 13.2 Å². The first kappa shape index (κ1) is 16.5. The van der Waals surface area contributed by atoms with Crippen LogP contribution >= 0.6 is 0 Å². The lowest BCUT2D eigenvalue weighted by molar-refractivity contribution is 0.234. The highest BCUT2D eigenvalue weighted by Crippen LogP contribution is 2.23. The third-order valence-corrected chi connectivity index (χ3v) is 3.58. The van der Waals surface area contributed by atoms with Gasteiger partial charge in [-0.3, -0.25) is 0 Å². The molecule has 0 bridgehead atoms. The molecule has 0 aliphatic carbocycles. The van der Waals surface area contributed by atoms with E-state index in [1.807, 2.05) is 38.1 Å². The van der Waals surface area contributed by atoms with Crippen molar-refractivity contribution in [1.82, 2.24) is 5.32 Å². The fourth-order valence-corrected chi connectivity index (χ4v) is 2.37. The summed E-state index contributed by atoms with van der Waals surface area (Å²) in [6.45, 7) is 3.48. The second-order valence-electron chi connectivity index (χ2n) is 5.34. The number of aliphatic hydroxyl groups is 1. The quantitative estimate of drug-likeness (QED) is 0.824. The summed E-state index contributed by atoms with van der Waals surface area (Å²) in [7, 11) is 0. The standard InChI is InChI=1S/C17H18F3NO/c1-10-4-3-5-12(6-10)11(2)21-16(9-22)13-7-14(18)17(20)15(19)8-13/h3-8,11,16,21-22H,9H2,1-2H3. The molecule has 0 heterocycles. The SMILES string of the molecule is Cc1cccc(C(C)NC(CO)c2cc(F)c(F)c(F)c2)c1. The smallest absolute Gasteiger partial charge is 0.194 e. The Morgan fingerprint density at radius 2 is 1.68 bits per heavy atom. The molecule has 0 saturated heterocycles. The van der Waals surface area contributed by atoms with Gasteiger partial charge in [-0.2, -0.15) is 0 Å². The van der Waals surface area contributed by atoms with Crippen LogP contribution in [0.15, 0.2) is 36.4 Å². The van der Waals surface area contributed by atoms with Gasteiger partial charge in [0.05, 0.1) is 12.6 Å². The number of aliphatic hydroxyl groups excluding tert-OH is 1. The van der Waals surface area contributed by atoms with Gasteiger partial charge in [0.15, 0.2) is 17.5 Å². The van der Waals surface area contributed by atoms with E-state index in [1.165, 1.54) is 0 Å². The molecule has 5 heteroatoms. The van der Waals surface area contributed by atoms with E-state index in [0.717, 1.165) is 23.3 Å². The molecule has 2 aromatic rings. The maximum atomic E-state index is 13.3. The lowest BCUT2D eigenvalue weighted by Crippen LogP contribution is -2.27. The summed E-state index contributed by atoms with van der Waals surface area (Å²) in [4.78, 5) is 0. The van der Waals surface area contributed by atoms with Gasteiger partial charge >= 0.3 is 0 Å². The van der Waals surface area contributed by atoms with Gasteiger partial charge in [0, 0.05) is 6.04 Å². The highest BCUT2D eigenvalue weighted by molar-refractivity contribution is 5.27. The summed E-state index contributed by atoms with van der Waals surface area (Å²) in [5.41, 5.74) is 2.24. The molecule has 0 aliphatic heterocycles. The average Bonchev–Trinajstić information content (AvgIpc) is 2.49. The summed E-state index contributed by atoms with van der Waals surface area (Å²) in [6, 6.07) is 8.74. The zero-order valence-corrected chi connectivity index (χ0v) is 12.4. The van der Waals surface area contributed by atoms with E-state index in [0.29, 0.717) is 0 Å². The third kappa shape index (κ3) is 3.67. The van der Waals surface area contributed by atoms with E-state index in [-0.39, 0.29) is 18.2 Å². The topological polar surface area (TPSA) is 32.3 Å². The minimum Gasteiger partial charge on any atom is -0.394 e. The second-order valence-corrected chi connectivity index (χ2v) is 5.34. The molecular weight excluding hydrogens is 291 g/mol. The molecule has 2 N–H and O–H groups in total. The number of halogens is 3. The summed E-state index contributed by atoms with van der Waals surface area (Å²) >= 11 is 0. The molecule has 2 aromatic carbocycles. The number of aryl methyl sites for hydroxylation is 1. The fraction of sp³-hybridized carbons (Fsp3) is 0.294. The Hall–Kier alpha value is -1.85. The summed E-state index contributed by atoms with van der Waals surface area (Å²) in [5, 5.41) is 12.6. The molecule has 0 saturated carbocycles. The molecule has 0 aliphatic rings. The van der Waals surface area contributed by atoms with Crippen molar-refractivity contribution >= 4 is 0 Å². The van der Waals surface area contributed by atoms with Crippen LogP contribution in [-0.2, 0) is 0 Å². The second kappa shape index (κ2) is 6.94. The van der Waals surface area contributed by atoms with Gasteiger partial charge in [0.1, 0.15) is 0 Å². The molecule has 22 heavy (non-hydrogen) atoms. The van der Waals surface area contributed by atoms with Crippen LogP contribution < -0.4 is 5.32 Å². The molecular formula is C17H18F3NO. The molecule has 2 unspecified atom stereocenters. The Kier molecular flexibility index (Phi) is 5.21. The van der Waals surface area contributed by atoms with Crippen LogP contribution in [0.5, 0.6) is 0 Å². The zero-order chi connectivity index (χ0) is 16.3. The van der Waals surface area contributed by atoms with Crippen LogP contribution in [-0.4, -0.2) is 11.7 Å². The van der Waals surface area contributed by atoms with Gasteiger partial charge in [0.2, 0.25) is 0 Å². The highest BCUT2D eigenvalue weighted by atomic mass is 19.2. The van der Waals surface area contributed by atoms with Crippen LogP contribution in [0.1, 0.15) is 35.7 Å². The first-order chi connectivity index (χ1) is 10.4. The number of rotatable bonds is 5. The number of hydrogen-bond acceptors (Lipinski definition) is 2. The summed E-state index contributed by atoms with van der Waals surface area (Å²) in [5.74, 6) is -4.04. The predicted octanol–water partition coefficient (Wildman–Crippen LogP) is 3.80. The highest BCUT2D eigenvalue weighted by Gasteiger charge is 2.19. The normalized spacial score (nSPS) is 13.9. The Balaban J connectivity index is 2.22. The first-order valence-electron chi connectivity index (χ1n) is 7.00. The molecule has 2 rings (SSSR count). The van der Waals surface area contributed by atoms with Crippen LogP contribution in [0.2, 0.25) is 0 Å². The van der Waals surface area contributed by atoms with E-state index < -0.39 is 23.5 Å². The molecule has 118 valence electrons. The number of benzene rings is 2. The molecule has 0 spiro atoms. The average molecular weight is 309 g/mol. The van der Waals surface area contributed by atoms with Crippen molar-refractivity contribution in [2.24, 2.45) is 0 Å². The van der Waals surface area contributed by atoms with Crippen molar-refractivity contribution < 1.29 is 18.3 Å². The minimum absolute atomic E-state index is 0.145. The monoisotopic (exact) mass is 309 g/mol. The van der Waals surface area contributed by atoms with Crippen molar-refractivity contribution in [3.05, 3.63) is 70.5 Å². The Morgan fingerprint density at radius 1 is 1.05 bits per heavy atom. The maximum Gasteiger partial charge on any atom is 0.194 e. The van der Waals surface area contributed by atoms with E-state index in [9.17, 15) is 18.3 Å². The van der Waals surface area contributed by atoms with Gasteiger partial charge in [0.25, 0.3) is 0 Å². The Labute approximate surface area is 127 Å². The largest absolute Gasteiger partial charge is 0.394 e. The van der Waals surface area contributed by atoms with Gasteiger partial charge in [-0.1, -0.05) is 29.8 Å². The van der Waals surface area contributed by atoms with Crippen LogP contribution in [0.25, 0.3) is 0 Å². The lowest BCUT2D eigenvalue weighted by atomic mass is 10.0. The Morgan fingerprint density at radius 3 is 2.23 bits per heavy atom.